The van der Waals surface area contributed by atoms with Crippen LogP contribution in [-0.2, 0) is 22.7 Å². The summed E-state index contributed by atoms with van der Waals surface area (Å²) in [5.74, 6) is -3.37. The van der Waals surface area contributed by atoms with Gasteiger partial charge in [0, 0.05) is 11.8 Å². The molecule has 29 heavy (non-hydrogen) atoms. The standard InChI is InChI=1S/C18H11F6NO3S/c1-29(26,27)17-12(20)6-10(7-13(17)21)15-14(8-19)28-25-16(15)9-3-2-4-11(5-9)18(22,23)24/h2-7H,8H2,1H3. The Labute approximate surface area is 160 Å². The van der Waals surface area contributed by atoms with E-state index in [1.54, 1.807) is 0 Å². The van der Waals surface area contributed by atoms with Gasteiger partial charge in [-0.25, -0.2) is 21.6 Å². The molecule has 0 N–H and O–H groups in total. The summed E-state index contributed by atoms with van der Waals surface area (Å²) in [4.78, 5) is -1.18. The molecule has 11 heteroatoms. The van der Waals surface area contributed by atoms with Gasteiger partial charge in [0.1, 0.15) is 22.2 Å². The van der Waals surface area contributed by atoms with Crippen LogP contribution in [0.4, 0.5) is 26.3 Å². The molecule has 0 aliphatic rings. The first-order valence-electron chi connectivity index (χ1n) is 7.85. The van der Waals surface area contributed by atoms with Crippen LogP contribution in [0.2, 0.25) is 0 Å². The summed E-state index contributed by atoms with van der Waals surface area (Å²) < 4.78 is 109. The van der Waals surface area contributed by atoms with Gasteiger partial charge in [-0.3, -0.25) is 0 Å². The van der Waals surface area contributed by atoms with E-state index in [0.717, 1.165) is 18.2 Å². The number of hydrogen-bond donors (Lipinski definition) is 0. The Hall–Kier alpha value is -2.82. The largest absolute Gasteiger partial charge is 0.416 e. The van der Waals surface area contributed by atoms with E-state index in [4.69, 9.17) is 4.52 Å². The lowest BCUT2D eigenvalue weighted by atomic mass is 9.98. The van der Waals surface area contributed by atoms with Crippen molar-refractivity contribution in [2.45, 2.75) is 17.7 Å². The smallest absolute Gasteiger partial charge is 0.357 e. The van der Waals surface area contributed by atoms with Crippen molar-refractivity contribution in [1.29, 1.82) is 0 Å². The average Bonchev–Trinajstić information content (AvgIpc) is 3.03. The Balaban J connectivity index is 2.24. The summed E-state index contributed by atoms with van der Waals surface area (Å²) in [5.41, 5.74) is -2.06. The maximum Gasteiger partial charge on any atom is 0.416 e. The molecule has 0 aliphatic carbocycles. The van der Waals surface area contributed by atoms with Gasteiger partial charge in [-0.15, -0.1) is 0 Å². The fourth-order valence-corrected chi connectivity index (χ4v) is 3.64. The van der Waals surface area contributed by atoms with Gasteiger partial charge < -0.3 is 4.52 Å². The van der Waals surface area contributed by atoms with E-state index in [9.17, 15) is 34.8 Å². The number of rotatable bonds is 4. The Kier molecular flexibility index (Phi) is 5.20. The third-order valence-corrected chi connectivity index (χ3v) is 5.14. The van der Waals surface area contributed by atoms with Crippen LogP contribution in [-0.4, -0.2) is 19.8 Å². The number of aromatic nitrogens is 1. The van der Waals surface area contributed by atoms with Crippen LogP contribution in [0.5, 0.6) is 0 Å². The Morgan fingerprint density at radius 2 is 1.66 bits per heavy atom. The fourth-order valence-electron chi connectivity index (χ4n) is 2.81. The second-order valence-electron chi connectivity index (χ2n) is 6.08. The van der Waals surface area contributed by atoms with E-state index in [1.165, 1.54) is 6.07 Å². The predicted molar refractivity (Wildman–Crippen MR) is 90.2 cm³/mol. The molecule has 2 aromatic carbocycles. The molecule has 0 fully saturated rings. The molecular formula is C18H11F6NO3S. The Bertz CT molecular complexity index is 1160. The Morgan fingerprint density at radius 1 is 1.03 bits per heavy atom. The van der Waals surface area contributed by atoms with Crippen LogP contribution in [0.15, 0.2) is 45.8 Å². The molecule has 4 nitrogen and oxygen atoms in total. The number of alkyl halides is 4. The zero-order valence-electron chi connectivity index (χ0n) is 14.5. The summed E-state index contributed by atoms with van der Waals surface area (Å²) in [5, 5.41) is 3.54. The molecule has 0 atom stereocenters. The number of benzene rings is 2. The van der Waals surface area contributed by atoms with Crippen LogP contribution in [0.1, 0.15) is 11.3 Å². The molecule has 0 saturated carbocycles. The van der Waals surface area contributed by atoms with Crippen molar-refractivity contribution in [3.05, 3.63) is 59.4 Å². The second kappa shape index (κ2) is 7.21. The quantitative estimate of drug-likeness (QED) is 0.530. The lowest BCUT2D eigenvalue weighted by Gasteiger charge is -2.10. The minimum atomic E-state index is -4.67. The molecule has 0 unspecified atom stereocenters. The van der Waals surface area contributed by atoms with Crippen LogP contribution >= 0.6 is 0 Å². The fraction of sp³-hybridized carbons (Fsp3) is 0.167. The summed E-state index contributed by atoms with van der Waals surface area (Å²) in [6, 6.07) is 5.10. The lowest BCUT2D eigenvalue weighted by molar-refractivity contribution is -0.137. The molecule has 154 valence electrons. The minimum absolute atomic E-state index is 0.133. The monoisotopic (exact) mass is 435 g/mol. The summed E-state index contributed by atoms with van der Waals surface area (Å²) in [6.45, 7) is -1.27. The highest BCUT2D eigenvalue weighted by atomic mass is 32.2. The van der Waals surface area contributed by atoms with Gasteiger partial charge in [-0.1, -0.05) is 17.3 Å². The predicted octanol–water partition coefficient (Wildman–Crippen LogP) is 5.18. The summed E-state index contributed by atoms with van der Waals surface area (Å²) in [7, 11) is -4.24. The summed E-state index contributed by atoms with van der Waals surface area (Å²) in [6.07, 6.45) is -4.06. The molecule has 1 heterocycles. The normalized spacial score (nSPS) is 12.4. The third-order valence-electron chi connectivity index (χ3n) is 4.01. The molecule has 0 radical (unpaired) electrons. The van der Waals surface area contributed by atoms with E-state index in [-0.39, 0.29) is 22.4 Å². The van der Waals surface area contributed by atoms with E-state index in [1.807, 2.05) is 0 Å². The van der Waals surface area contributed by atoms with Crippen molar-refractivity contribution in [2.75, 3.05) is 6.26 Å². The van der Waals surface area contributed by atoms with Crippen molar-refractivity contribution in [1.82, 2.24) is 5.16 Å². The van der Waals surface area contributed by atoms with Gasteiger partial charge in [0.25, 0.3) is 0 Å². The number of sulfone groups is 1. The highest BCUT2D eigenvalue weighted by molar-refractivity contribution is 7.90. The molecule has 0 amide bonds. The molecule has 0 aliphatic heterocycles. The minimum Gasteiger partial charge on any atom is -0.357 e. The van der Waals surface area contributed by atoms with E-state index in [0.29, 0.717) is 18.4 Å². The molecule has 0 spiro atoms. The van der Waals surface area contributed by atoms with Crippen molar-refractivity contribution in [3.63, 3.8) is 0 Å². The zero-order chi connectivity index (χ0) is 21.6. The van der Waals surface area contributed by atoms with Crippen LogP contribution in [0.25, 0.3) is 22.4 Å². The first-order valence-corrected chi connectivity index (χ1v) is 9.74. The van der Waals surface area contributed by atoms with Gasteiger partial charge in [0.05, 0.1) is 11.1 Å². The SMILES string of the molecule is CS(=O)(=O)c1c(F)cc(-c2c(-c3cccc(C(F)(F)F)c3)noc2CF)cc1F. The molecule has 3 aromatic rings. The van der Waals surface area contributed by atoms with Crippen molar-refractivity contribution >= 4 is 9.84 Å². The zero-order valence-corrected chi connectivity index (χ0v) is 15.3. The number of halogens is 6. The van der Waals surface area contributed by atoms with Crippen LogP contribution < -0.4 is 0 Å². The highest BCUT2D eigenvalue weighted by Gasteiger charge is 2.31. The topological polar surface area (TPSA) is 60.2 Å². The highest BCUT2D eigenvalue weighted by Crippen LogP contribution is 2.39. The number of hydrogen-bond acceptors (Lipinski definition) is 4. The van der Waals surface area contributed by atoms with Gasteiger partial charge >= 0.3 is 6.18 Å². The molecule has 0 saturated heterocycles. The Morgan fingerprint density at radius 3 is 2.17 bits per heavy atom. The second-order valence-corrected chi connectivity index (χ2v) is 8.04. The van der Waals surface area contributed by atoms with Crippen molar-refractivity contribution in [3.8, 4) is 22.4 Å². The van der Waals surface area contributed by atoms with E-state index >= 15 is 0 Å². The van der Waals surface area contributed by atoms with Gasteiger partial charge in [0.2, 0.25) is 0 Å². The molecule has 3 rings (SSSR count). The molecule has 1 aromatic heterocycles. The third kappa shape index (κ3) is 4.00. The first kappa shape index (κ1) is 20.9. The van der Waals surface area contributed by atoms with Crippen molar-refractivity contribution < 1.29 is 39.3 Å². The molecule has 0 bridgehead atoms. The maximum absolute atomic E-state index is 14.3. The van der Waals surface area contributed by atoms with Crippen LogP contribution in [0, 0.1) is 11.6 Å². The van der Waals surface area contributed by atoms with Gasteiger partial charge in [-0.2, -0.15) is 13.2 Å². The number of nitrogens with zero attached hydrogens (tertiary/aromatic N) is 1. The van der Waals surface area contributed by atoms with Crippen molar-refractivity contribution in [2.24, 2.45) is 0 Å². The maximum atomic E-state index is 14.3. The van der Waals surface area contributed by atoms with Gasteiger partial charge in [0.15, 0.2) is 22.3 Å². The van der Waals surface area contributed by atoms with E-state index < -0.39 is 50.5 Å². The molecular weight excluding hydrogens is 424 g/mol. The van der Waals surface area contributed by atoms with Crippen LogP contribution in [0.3, 0.4) is 0 Å². The first-order chi connectivity index (χ1) is 13.4. The summed E-state index contributed by atoms with van der Waals surface area (Å²) >= 11 is 0. The van der Waals surface area contributed by atoms with Gasteiger partial charge in [-0.05, 0) is 29.8 Å². The van der Waals surface area contributed by atoms with E-state index in [2.05, 4.69) is 5.16 Å². The average molecular weight is 435 g/mol. The lowest BCUT2D eigenvalue weighted by Crippen LogP contribution is -2.05.